The van der Waals surface area contributed by atoms with E-state index in [9.17, 15) is 19.7 Å². The van der Waals surface area contributed by atoms with Crippen molar-refractivity contribution in [2.24, 2.45) is 0 Å². The summed E-state index contributed by atoms with van der Waals surface area (Å²) in [6.07, 6.45) is 4.21. The standard InChI is InChI=1S/C25H25N3O5/c1-3-18-7-9-19(10-8-18)16-27(17-20-6-5-11-26-15-20)24(29)21-12-22(25(30)33-4-2)14-23(13-21)28(31)32/h5-15H,3-4,16-17H2,1-2H3. The van der Waals surface area contributed by atoms with Crippen LogP contribution in [0.1, 0.15) is 51.3 Å². The molecular weight excluding hydrogens is 422 g/mol. The molecule has 0 saturated heterocycles. The van der Waals surface area contributed by atoms with Crippen LogP contribution in [0.5, 0.6) is 0 Å². The van der Waals surface area contributed by atoms with Crippen molar-refractivity contribution in [1.29, 1.82) is 0 Å². The molecule has 8 nitrogen and oxygen atoms in total. The smallest absolute Gasteiger partial charge is 0.338 e. The number of non-ortho nitro benzene ring substituents is 1. The summed E-state index contributed by atoms with van der Waals surface area (Å²) in [5.41, 5.74) is 2.57. The zero-order valence-electron chi connectivity index (χ0n) is 18.6. The normalized spacial score (nSPS) is 10.5. The van der Waals surface area contributed by atoms with Gasteiger partial charge in [-0.15, -0.1) is 0 Å². The molecule has 1 aromatic heterocycles. The molecule has 0 aliphatic carbocycles. The van der Waals surface area contributed by atoms with Gasteiger partial charge in [0.2, 0.25) is 0 Å². The molecule has 3 rings (SSSR count). The predicted molar refractivity (Wildman–Crippen MR) is 123 cm³/mol. The molecule has 0 fully saturated rings. The Hall–Kier alpha value is -4.07. The molecule has 0 N–H and O–H groups in total. The Bertz CT molecular complexity index is 1130. The van der Waals surface area contributed by atoms with Crippen molar-refractivity contribution in [3.63, 3.8) is 0 Å². The fraction of sp³-hybridized carbons (Fsp3) is 0.240. The van der Waals surface area contributed by atoms with E-state index in [1.807, 2.05) is 30.3 Å². The molecule has 8 heteroatoms. The Labute approximate surface area is 192 Å². The van der Waals surface area contributed by atoms with Crippen molar-refractivity contribution in [2.45, 2.75) is 33.4 Å². The molecule has 0 atom stereocenters. The van der Waals surface area contributed by atoms with Crippen molar-refractivity contribution in [1.82, 2.24) is 9.88 Å². The quantitative estimate of drug-likeness (QED) is 0.270. The number of ether oxygens (including phenoxy) is 1. The molecule has 1 heterocycles. The molecule has 3 aromatic rings. The van der Waals surface area contributed by atoms with Crippen LogP contribution in [0.15, 0.2) is 67.0 Å². The highest BCUT2D eigenvalue weighted by atomic mass is 16.6. The zero-order chi connectivity index (χ0) is 23.8. The number of amides is 1. The van der Waals surface area contributed by atoms with Crippen LogP contribution < -0.4 is 0 Å². The number of nitro benzene ring substituents is 1. The monoisotopic (exact) mass is 447 g/mol. The highest BCUT2D eigenvalue weighted by Gasteiger charge is 2.23. The van der Waals surface area contributed by atoms with E-state index < -0.39 is 16.8 Å². The van der Waals surface area contributed by atoms with Gasteiger partial charge in [0.1, 0.15) is 0 Å². The maximum atomic E-state index is 13.5. The lowest BCUT2D eigenvalue weighted by Gasteiger charge is -2.23. The van der Waals surface area contributed by atoms with E-state index in [1.165, 1.54) is 17.7 Å². The van der Waals surface area contributed by atoms with E-state index >= 15 is 0 Å². The number of nitro groups is 1. The number of aryl methyl sites for hydroxylation is 1. The van der Waals surface area contributed by atoms with Gasteiger partial charge in [-0.1, -0.05) is 37.3 Å². The lowest BCUT2D eigenvalue weighted by atomic mass is 10.1. The average molecular weight is 447 g/mol. The zero-order valence-corrected chi connectivity index (χ0v) is 18.6. The minimum absolute atomic E-state index is 0.0389. The molecule has 1 amide bonds. The molecule has 0 saturated carbocycles. The molecule has 170 valence electrons. The van der Waals surface area contributed by atoms with Gasteiger partial charge in [0, 0.05) is 43.2 Å². The summed E-state index contributed by atoms with van der Waals surface area (Å²) in [6, 6.07) is 15.2. The number of benzene rings is 2. The van der Waals surface area contributed by atoms with Gasteiger partial charge >= 0.3 is 5.97 Å². The first-order chi connectivity index (χ1) is 15.9. The number of rotatable bonds is 9. The second-order valence-electron chi connectivity index (χ2n) is 7.44. The summed E-state index contributed by atoms with van der Waals surface area (Å²) in [7, 11) is 0. The third kappa shape index (κ3) is 6.22. The predicted octanol–water partition coefficient (Wildman–Crippen LogP) is 4.57. The van der Waals surface area contributed by atoms with Crippen molar-refractivity contribution in [3.05, 3.63) is 105 Å². The number of pyridine rings is 1. The molecule has 2 aromatic carbocycles. The van der Waals surface area contributed by atoms with E-state index in [0.29, 0.717) is 0 Å². The van der Waals surface area contributed by atoms with Gasteiger partial charge in [0.15, 0.2) is 0 Å². The first kappa shape index (κ1) is 23.6. The van der Waals surface area contributed by atoms with E-state index in [1.54, 1.807) is 30.3 Å². The Balaban J connectivity index is 1.98. The van der Waals surface area contributed by atoms with Gasteiger partial charge in [0.25, 0.3) is 11.6 Å². The summed E-state index contributed by atoms with van der Waals surface area (Å²) >= 11 is 0. The molecule has 0 bridgehead atoms. The SMILES string of the molecule is CCOC(=O)c1cc(C(=O)N(Cc2ccc(CC)cc2)Cc2cccnc2)cc([N+](=O)[O-])c1. The number of carbonyl (C=O) groups is 2. The van der Waals surface area contributed by atoms with Crippen LogP contribution in [0, 0.1) is 10.1 Å². The summed E-state index contributed by atoms with van der Waals surface area (Å²) in [5.74, 6) is -1.16. The maximum absolute atomic E-state index is 13.5. The van der Waals surface area contributed by atoms with Crippen molar-refractivity contribution in [2.75, 3.05) is 6.61 Å². The Morgan fingerprint density at radius 1 is 0.970 bits per heavy atom. The van der Waals surface area contributed by atoms with Gasteiger partial charge < -0.3 is 9.64 Å². The first-order valence-electron chi connectivity index (χ1n) is 10.6. The molecule has 0 unspecified atom stereocenters. The molecular formula is C25H25N3O5. The first-order valence-corrected chi connectivity index (χ1v) is 10.6. The Kier molecular flexibility index (Phi) is 7.86. The van der Waals surface area contributed by atoms with Crippen LogP contribution in [0.4, 0.5) is 5.69 Å². The largest absolute Gasteiger partial charge is 0.462 e. The molecule has 0 spiro atoms. The van der Waals surface area contributed by atoms with Gasteiger partial charge in [-0.25, -0.2) is 4.79 Å². The van der Waals surface area contributed by atoms with Crippen LogP contribution in [0.25, 0.3) is 0 Å². The van der Waals surface area contributed by atoms with Crippen molar-refractivity contribution >= 4 is 17.6 Å². The minimum Gasteiger partial charge on any atom is -0.462 e. The maximum Gasteiger partial charge on any atom is 0.338 e. The number of nitrogens with zero attached hydrogens (tertiary/aromatic N) is 3. The number of hydrogen-bond acceptors (Lipinski definition) is 6. The summed E-state index contributed by atoms with van der Waals surface area (Å²) in [5, 5.41) is 11.4. The van der Waals surface area contributed by atoms with Crippen LogP contribution in [0.3, 0.4) is 0 Å². The highest BCUT2D eigenvalue weighted by molar-refractivity contribution is 5.99. The summed E-state index contributed by atoms with van der Waals surface area (Å²) < 4.78 is 4.98. The van der Waals surface area contributed by atoms with Gasteiger partial charge in [0.05, 0.1) is 17.1 Å². The third-order valence-electron chi connectivity index (χ3n) is 5.07. The molecule has 33 heavy (non-hydrogen) atoms. The van der Waals surface area contributed by atoms with Crippen molar-refractivity contribution in [3.8, 4) is 0 Å². The molecule has 0 radical (unpaired) electrons. The minimum atomic E-state index is -0.718. The number of hydrogen-bond donors (Lipinski definition) is 0. The summed E-state index contributed by atoms with van der Waals surface area (Å²) in [4.78, 5) is 42.2. The lowest BCUT2D eigenvalue weighted by Crippen LogP contribution is -2.30. The fourth-order valence-electron chi connectivity index (χ4n) is 3.37. The third-order valence-corrected chi connectivity index (χ3v) is 5.07. The van der Waals surface area contributed by atoms with Crippen molar-refractivity contribution < 1.29 is 19.2 Å². The Morgan fingerprint density at radius 3 is 2.24 bits per heavy atom. The second kappa shape index (κ2) is 11.0. The van der Waals surface area contributed by atoms with Gasteiger partial charge in [-0.05, 0) is 42.2 Å². The van der Waals surface area contributed by atoms with Crippen LogP contribution in [-0.4, -0.2) is 33.3 Å². The van der Waals surface area contributed by atoms with E-state index in [0.717, 1.165) is 23.6 Å². The Morgan fingerprint density at radius 2 is 1.64 bits per heavy atom. The topological polar surface area (TPSA) is 103 Å². The van der Waals surface area contributed by atoms with Gasteiger partial charge in [-0.2, -0.15) is 0 Å². The number of esters is 1. The van der Waals surface area contributed by atoms with Crippen LogP contribution in [-0.2, 0) is 24.2 Å². The fourth-order valence-corrected chi connectivity index (χ4v) is 3.37. The van der Waals surface area contributed by atoms with E-state index in [-0.39, 0.29) is 36.5 Å². The molecule has 0 aliphatic heterocycles. The van der Waals surface area contributed by atoms with E-state index in [4.69, 9.17) is 4.74 Å². The summed E-state index contributed by atoms with van der Waals surface area (Å²) in [6.45, 7) is 4.36. The van der Waals surface area contributed by atoms with Crippen LogP contribution >= 0.6 is 0 Å². The van der Waals surface area contributed by atoms with Gasteiger partial charge in [-0.3, -0.25) is 19.9 Å². The highest BCUT2D eigenvalue weighted by Crippen LogP contribution is 2.22. The van der Waals surface area contributed by atoms with Crippen LogP contribution in [0.2, 0.25) is 0 Å². The lowest BCUT2D eigenvalue weighted by molar-refractivity contribution is -0.384. The second-order valence-corrected chi connectivity index (χ2v) is 7.44. The van der Waals surface area contributed by atoms with E-state index in [2.05, 4.69) is 11.9 Å². The molecule has 0 aliphatic rings. The number of carbonyl (C=O) groups excluding carboxylic acids is 2. The average Bonchev–Trinajstić information content (AvgIpc) is 2.84. The number of aromatic nitrogens is 1.